The van der Waals surface area contributed by atoms with Crippen LogP contribution < -0.4 is 5.73 Å². The molecule has 1 aromatic carbocycles. The molecule has 1 heterocycles. The lowest BCUT2D eigenvalue weighted by Gasteiger charge is -2.28. The summed E-state index contributed by atoms with van der Waals surface area (Å²) in [7, 11) is 1.77. The molecule has 0 aliphatic carbocycles. The maximum Gasteiger partial charge on any atom is 0.273 e. The second kappa shape index (κ2) is 6.77. The minimum absolute atomic E-state index is 0.101. The fourth-order valence-electron chi connectivity index (χ4n) is 2.10. The highest BCUT2D eigenvalue weighted by atomic mass is 35.5. The van der Waals surface area contributed by atoms with Crippen LogP contribution in [-0.2, 0) is 0 Å². The van der Waals surface area contributed by atoms with Gasteiger partial charge in [-0.25, -0.2) is 4.98 Å². The molecule has 0 bridgehead atoms. The molecule has 0 atom stereocenters. The highest BCUT2D eigenvalue weighted by Gasteiger charge is 2.23. The van der Waals surface area contributed by atoms with Crippen LogP contribution in [0, 0.1) is 5.41 Å². The Morgan fingerprint density at radius 3 is 2.73 bits per heavy atom. The number of rotatable bonds is 5. The number of halogens is 1. The maximum absolute atomic E-state index is 12.5. The molecule has 6 heteroatoms. The average Bonchev–Trinajstić information content (AvgIpc) is 2.96. The molecule has 0 aliphatic rings. The Bertz CT molecular complexity index is 669. The summed E-state index contributed by atoms with van der Waals surface area (Å²) in [5.41, 5.74) is 6.89. The molecule has 0 saturated heterocycles. The van der Waals surface area contributed by atoms with Crippen LogP contribution in [0.5, 0.6) is 0 Å². The number of carbonyl (C=O) groups is 1. The molecule has 0 unspecified atom stereocenters. The van der Waals surface area contributed by atoms with Gasteiger partial charge in [0.2, 0.25) is 0 Å². The van der Waals surface area contributed by atoms with Crippen molar-refractivity contribution in [1.29, 1.82) is 0 Å². The Labute approximate surface area is 139 Å². The largest absolute Gasteiger partial charge is 0.340 e. The van der Waals surface area contributed by atoms with Crippen LogP contribution in [0.4, 0.5) is 0 Å². The maximum atomic E-state index is 12.5. The third-order valence-electron chi connectivity index (χ3n) is 3.39. The number of hydrogen-bond donors (Lipinski definition) is 1. The van der Waals surface area contributed by atoms with Crippen molar-refractivity contribution in [2.24, 2.45) is 11.1 Å². The summed E-state index contributed by atoms with van der Waals surface area (Å²) in [4.78, 5) is 18.6. The van der Waals surface area contributed by atoms with Crippen LogP contribution in [-0.4, -0.2) is 35.9 Å². The van der Waals surface area contributed by atoms with Crippen molar-refractivity contribution in [2.75, 3.05) is 20.1 Å². The summed E-state index contributed by atoms with van der Waals surface area (Å²) < 4.78 is 0. The van der Waals surface area contributed by atoms with Crippen molar-refractivity contribution < 1.29 is 4.79 Å². The Balaban J connectivity index is 2.18. The second-order valence-corrected chi connectivity index (χ2v) is 7.31. The first-order valence-electron chi connectivity index (χ1n) is 7.00. The van der Waals surface area contributed by atoms with Crippen LogP contribution in [0.15, 0.2) is 29.6 Å². The number of carbonyl (C=O) groups excluding carboxylic acids is 1. The van der Waals surface area contributed by atoms with Crippen molar-refractivity contribution >= 4 is 28.8 Å². The second-order valence-electron chi connectivity index (χ2n) is 6.05. The highest BCUT2D eigenvalue weighted by Crippen LogP contribution is 2.30. The van der Waals surface area contributed by atoms with Crippen molar-refractivity contribution in [2.45, 2.75) is 13.8 Å². The van der Waals surface area contributed by atoms with Gasteiger partial charge in [-0.1, -0.05) is 43.6 Å². The van der Waals surface area contributed by atoms with Gasteiger partial charge in [0.1, 0.15) is 10.7 Å². The minimum atomic E-state index is -0.119. The number of thiazole rings is 1. The van der Waals surface area contributed by atoms with Gasteiger partial charge < -0.3 is 10.6 Å². The molecule has 0 aliphatic heterocycles. The summed E-state index contributed by atoms with van der Waals surface area (Å²) in [5.74, 6) is -0.101. The fourth-order valence-corrected chi connectivity index (χ4v) is 3.22. The Hall–Kier alpha value is -1.43. The van der Waals surface area contributed by atoms with E-state index in [0.29, 0.717) is 23.8 Å². The van der Waals surface area contributed by atoms with Gasteiger partial charge in [-0.3, -0.25) is 4.79 Å². The van der Waals surface area contributed by atoms with E-state index in [1.807, 2.05) is 38.1 Å². The SMILES string of the molecule is CN(CC(C)(C)CN)C(=O)c1csc(-c2ccccc2Cl)n1. The highest BCUT2D eigenvalue weighted by molar-refractivity contribution is 7.13. The third-order valence-corrected chi connectivity index (χ3v) is 4.60. The van der Waals surface area contributed by atoms with Gasteiger partial charge >= 0.3 is 0 Å². The topological polar surface area (TPSA) is 59.2 Å². The lowest BCUT2D eigenvalue weighted by Crippen LogP contribution is -2.39. The van der Waals surface area contributed by atoms with Crippen LogP contribution in [0.3, 0.4) is 0 Å². The first-order valence-corrected chi connectivity index (χ1v) is 8.26. The molecule has 0 saturated carbocycles. The van der Waals surface area contributed by atoms with Crippen LogP contribution in [0.1, 0.15) is 24.3 Å². The zero-order chi connectivity index (χ0) is 16.3. The average molecular weight is 338 g/mol. The summed E-state index contributed by atoms with van der Waals surface area (Å²) >= 11 is 7.59. The summed E-state index contributed by atoms with van der Waals surface area (Å²) in [6, 6.07) is 7.49. The first kappa shape index (κ1) is 16.9. The van der Waals surface area contributed by atoms with Crippen LogP contribution in [0.2, 0.25) is 5.02 Å². The van der Waals surface area contributed by atoms with Gasteiger partial charge in [-0.15, -0.1) is 11.3 Å². The molecular weight excluding hydrogens is 318 g/mol. The van der Waals surface area contributed by atoms with Crippen molar-refractivity contribution in [3.8, 4) is 10.6 Å². The van der Waals surface area contributed by atoms with Crippen molar-refractivity contribution in [3.05, 3.63) is 40.4 Å². The molecule has 0 radical (unpaired) electrons. The molecule has 0 fully saturated rings. The predicted octanol–water partition coefficient (Wildman–Crippen LogP) is 3.52. The number of nitrogens with two attached hydrogens (primary N) is 1. The van der Waals surface area contributed by atoms with Gasteiger partial charge in [-0.2, -0.15) is 0 Å². The molecule has 4 nitrogen and oxygen atoms in total. The van der Waals surface area contributed by atoms with E-state index < -0.39 is 0 Å². The van der Waals surface area contributed by atoms with Crippen LogP contribution in [0.25, 0.3) is 10.6 Å². The predicted molar refractivity (Wildman–Crippen MR) is 92.4 cm³/mol. The lowest BCUT2D eigenvalue weighted by atomic mass is 9.93. The molecule has 22 heavy (non-hydrogen) atoms. The number of hydrogen-bond acceptors (Lipinski definition) is 4. The van der Waals surface area contributed by atoms with Gasteiger partial charge in [0, 0.05) is 24.5 Å². The van der Waals surface area contributed by atoms with Crippen molar-refractivity contribution in [3.63, 3.8) is 0 Å². The van der Waals surface area contributed by atoms with Crippen molar-refractivity contribution in [1.82, 2.24) is 9.88 Å². The Kier molecular flexibility index (Phi) is 5.21. The van der Waals surface area contributed by atoms with Gasteiger partial charge in [0.05, 0.1) is 5.02 Å². The number of benzene rings is 1. The summed E-state index contributed by atoms with van der Waals surface area (Å²) in [6.07, 6.45) is 0. The first-order chi connectivity index (χ1) is 10.3. The fraction of sp³-hybridized carbons (Fsp3) is 0.375. The molecule has 2 rings (SSSR count). The molecule has 118 valence electrons. The summed E-state index contributed by atoms with van der Waals surface area (Å²) in [6.45, 7) is 5.17. The molecule has 1 amide bonds. The smallest absolute Gasteiger partial charge is 0.273 e. The van der Waals surface area contributed by atoms with E-state index in [1.54, 1.807) is 17.3 Å². The number of amides is 1. The monoisotopic (exact) mass is 337 g/mol. The summed E-state index contributed by atoms with van der Waals surface area (Å²) in [5, 5.41) is 3.15. The molecule has 0 spiro atoms. The minimum Gasteiger partial charge on any atom is -0.340 e. The van der Waals surface area contributed by atoms with E-state index in [1.165, 1.54) is 11.3 Å². The van der Waals surface area contributed by atoms with Gasteiger partial charge in [-0.05, 0) is 18.0 Å². The quantitative estimate of drug-likeness (QED) is 0.908. The number of aromatic nitrogens is 1. The third kappa shape index (κ3) is 3.85. The van der Waals surface area contributed by atoms with E-state index in [4.69, 9.17) is 17.3 Å². The Morgan fingerprint density at radius 1 is 1.41 bits per heavy atom. The van der Waals surface area contributed by atoms with E-state index in [0.717, 1.165) is 10.6 Å². The standard InChI is InChI=1S/C16H20ClN3OS/c1-16(2,9-18)10-20(3)15(21)13-8-22-14(19-13)11-6-4-5-7-12(11)17/h4-8H,9-10,18H2,1-3H3. The van der Waals surface area contributed by atoms with E-state index in [-0.39, 0.29) is 11.3 Å². The van der Waals surface area contributed by atoms with E-state index in [9.17, 15) is 4.79 Å². The molecule has 2 aromatic rings. The zero-order valence-electron chi connectivity index (χ0n) is 13.0. The van der Waals surface area contributed by atoms with Gasteiger partial charge in [0.15, 0.2) is 0 Å². The van der Waals surface area contributed by atoms with Crippen LogP contribution >= 0.6 is 22.9 Å². The molecule has 1 aromatic heterocycles. The zero-order valence-corrected chi connectivity index (χ0v) is 14.5. The van der Waals surface area contributed by atoms with Gasteiger partial charge in [0.25, 0.3) is 5.91 Å². The normalized spacial score (nSPS) is 11.5. The molecule has 2 N–H and O–H groups in total. The molecular formula is C16H20ClN3OS. The van der Waals surface area contributed by atoms with E-state index >= 15 is 0 Å². The number of nitrogens with zero attached hydrogens (tertiary/aromatic N) is 2. The van der Waals surface area contributed by atoms with E-state index in [2.05, 4.69) is 4.98 Å². The lowest BCUT2D eigenvalue weighted by molar-refractivity contribution is 0.0735. The Morgan fingerprint density at radius 2 is 2.09 bits per heavy atom.